The third kappa shape index (κ3) is 4.22. The number of rotatable bonds is 5. The first-order valence-electron chi connectivity index (χ1n) is 6.49. The van der Waals surface area contributed by atoms with Gasteiger partial charge in [0.1, 0.15) is 0 Å². The highest BCUT2D eigenvalue weighted by molar-refractivity contribution is 7.99. The molecular weight excluding hydrogens is 290 g/mol. The van der Waals surface area contributed by atoms with Gasteiger partial charge in [-0.05, 0) is 37.1 Å². The number of carbonyl (C=O) groups excluding carboxylic acids is 1. The molecule has 0 radical (unpaired) electrons. The minimum atomic E-state index is -0.475. The van der Waals surface area contributed by atoms with E-state index >= 15 is 0 Å². The van der Waals surface area contributed by atoms with Gasteiger partial charge in [-0.25, -0.2) is 0 Å². The summed E-state index contributed by atoms with van der Waals surface area (Å²) < 4.78 is 5.88. The van der Waals surface area contributed by atoms with Crippen LogP contribution in [-0.4, -0.2) is 16.9 Å². The largest absolute Gasteiger partial charge is 0.538 e. The van der Waals surface area contributed by atoms with Crippen LogP contribution >= 0.6 is 11.8 Å². The lowest BCUT2D eigenvalue weighted by Gasteiger charge is -2.07. The van der Waals surface area contributed by atoms with Gasteiger partial charge in [0, 0.05) is 17.9 Å². The Hall–Kier alpha value is -2.02. The zero-order valence-corrected chi connectivity index (χ0v) is 13.0. The normalized spacial score (nSPS) is 10.6. The second kappa shape index (κ2) is 6.62. The molecule has 0 spiro atoms. The lowest BCUT2D eigenvalue weighted by Crippen LogP contribution is -2.32. The van der Waals surface area contributed by atoms with Gasteiger partial charge in [-0.2, -0.15) is 0 Å². The first-order valence-corrected chi connectivity index (χ1v) is 7.48. The van der Waals surface area contributed by atoms with Crippen LogP contribution < -0.4 is 15.1 Å². The van der Waals surface area contributed by atoms with Crippen molar-refractivity contribution in [2.45, 2.75) is 25.3 Å². The highest BCUT2D eigenvalue weighted by Gasteiger charge is 2.14. The SMILES string of the molecule is Cc1cc(C)cc(NC(=O)CCSc2c([O-])on[n+]2C)c1. The van der Waals surface area contributed by atoms with Crippen molar-refractivity contribution in [3.8, 4) is 5.95 Å². The predicted molar refractivity (Wildman–Crippen MR) is 77.0 cm³/mol. The Labute approximate surface area is 127 Å². The zero-order valence-electron chi connectivity index (χ0n) is 12.2. The van der Waals surface area contributed by atoms with Crippen LogP contribution in [0.2, 0.25) is 0 Å². The van der Waals surface area contributed by atoms with E-state index in [-0.39, 0.29) is 5.91 Å². The van der Waals surface area contributed by atoms with Crippen molar-refractivity contribution >= 4 is 23.4 Å². The van der Waals surface area contributed by atoms with Gasteiger partial charge >= 0.3 is 0 Å². The van der Waals surface area contributed by atoms with Crippen molar-refractivity contribution in [2.24, 2.45) is 7.05 Å². The van der Waals surface area contributed by atoms with E-state index in [0.717, 1.165) is 16.8 Å². The molecule has 0 aliphatic rings. The molecule has 0 fully saturated rings. The van der Waals surface area contributed by atoms with Crippen LogP contribution in [-0.2, 0) is 11.8 Å². The quantitative estimate of drug-likeness (QED) is 0.665. The highest BCUT2D eigenvalue weighted by Crippen LogP contribution is 2.22. The van der Waals surface area contributed by atoms with Gasteiger partial charge in [0.2, 0.25) is 5.91 Å². The summed E-state index contributed by atoms with van der Waals surface area (Å²) in [5.74, 6) is -0.0720. The predicted octanol–water partition coefficient (Wildman–Crippen LogP) is 1.31. The Bertz CT molecular complexity index is 615. The van der Waals surface area contributed by atoms with E-state index in [9.17, 15) is 9.90 Å². The van der Waals surface area contributed by atoms with Crippen LogP contribution in [0, 0.1) is 13.8 Å². The summed E-state index contributed by atoms with van der Waals surface area (Å²) in [6.07, 6.45) is 0.308. The molecule has 2 rings (SSSR count). The second-order valence-electron chi connectivity index (χ2n) is 4.81. The summed E-state index contributed by atoms with van der Waals surface area (Å²) >= 11 is 1.26. The molecule has 1 aromatic carbocycles. The van der Waals surface area contributed by atoms with Gasteiger partial charge < -0.3 is 14.9 Å². The lowest BCUT2D eigenvalue weighted by molar-refractivity contribution is -0.772. The fourth-order valence-corrected chi connectivity index (χ4v) is 2.83. The molecule has 1 amide bonds. The maximum Gasteiger partial charge on any atom is 0.290 e. The first-order chi connectivity index (χ1) is 9.95. The molecule has 0 atom stereocenters. The molecule has 1 N–H and O–H groups in total. The number of amides is 1. The Morgan fingerprint density at radius 2 is 2.05 bits per heavy atom. The van der Waals surface area contributed by atoms with Crippen LogP contribution in [0.15, 0.2) is 27.7 Å². The summed E-state index contributed by atoms with van der Waals surface area (Å²) in [6, 6.07) is 5.90. The lowest BCUT2D eigenvalue weighted by atomic mass is 10.1. The van der Waals surface area contributed by atoms with Crippen LogP contribution in [0.5, 0.6) is 5.95 Å². The summed E-state index contributed by atoms with van der Waals surface area (Å²) in [5.41, 5.74) is 3.00. The molecule has 112 valence electrons. The van der Waals surface area contributed by atoms with Gasteiger partial charge in [-0.15, -0.1) is 0 Å². The van der Waals surface area contributed by atoms with Crippen molar-refractivity contribution < 1.29 is 19.1 Å². The maximum absolute atomic E-state index is 11.9. The van der Waals surface area contributed by atoms with Gasteiger partial charge in [0.15, 0.2) is 13.0 Å². The topological polar surface area (TPSA) is 82.1 Å². The van der Waals surface area contributed by atoms with Crippen LogP contribution in [0.25, 0.3) is 0 Å². The van der Waals surface area contributed by atoms with Crippen LogP contribution in [0.3, 0.4) is 0 Å². The van der Waals surface area contributed by atoms with E-state index < -0.39 is 5.95 Å². The Kier molecular flexibility index (Phi) is 4.85. The molecule has 1 aromatic heterocycles. The number of aromatic nitrogens is 2. The van der Waals surface area contributed by atoms with Crippen molar-refractivity contribution in [3.05, 3.63) is 29.3 Å². The molecule has 0 aliphatic heterocycles. The Morgan fingerprint density at radius 1 is 1.38 bits per heavy atom. The fraction of sp³-hybridized carbons (Fsp3) is 0.357. The standard InChI is InChI=1S/C14H17N3O3S/c1-9-6-10(2)8-11(7-9)15-12(18)4-5-21-13-14(19)20-16-17(13)3/h6-8H,4-5H2,1-3H3,(H-,15,16,18,19). The molecule has 0 unspecified atom stereocenters. The molecule has 2 aromatic rings. The van der Waals surface area contributed by atoms with Gasteiger partial charge in [-0.3, -0.25) is 4.79 Å². The molecule has 7 heteroatoms. The monoisotopic (exact) mass is 307 g/mol. The smallest absolute Gasteiger partial charge is 0.290 e. The van der Waals surface area contributed by atoms with Gasteiger partial charge in [0.05, 0.1) is 5.27 Å². The number of nitrogens with one attached hydrogen (secondary N) is 1. The van der Waals surface area contributed by atoms with Crippen molar-refractivity contribution in [2.75, 3.05) is 11.1 Å². The average Bonchev–Trinajstić information content (AvgIpc) is 2.69. The summed E-state index contributed by atoms with van der Waals surface area (Å²) in [4.78, 5) is 11.9. The van der Waals surface area contributed by atoms with Crippen LogP contribution in [0.4, 0.5) is 5.69 Å². The number of benzene rings is 1. The molecule has 0 saturated heterocycles. The fourth-order valence-electron chi connectivity index (χ4n) is 1.97. The number of anilines is 1. The molecule has 6 nitrogen and oxygen atoms in total. The molecule has 0 bridgehead atoms. The van der Waals surface area contributed by atoms with E-state index in [1.54, 1.807) is 7.05 Å². The van der Waals surface area contributed by atoms with E-state index in [2.05, 4.69) is 15.1 Å². The van der Waals surface area contributed by atoms with Gasteiger partial charge in [-0.1, -0.05) is 22.5 Å². The zero-order chi connectivity index (χ0) is 15.4. The molecule has 0 aliphatic carbocycles. The van der Waals surface area contributed by atoms with E-state index in [1.807, 2.05) is 32.0 Å². The number of hydrogen-bond acceptors (Lipinski definition) is 5. The van der Waals surface area contributed by atoms with Crippen molar-refractivity contribution in [1.82, 2.24) is 5.27 Å². The maximum atomic E-state index is 11.9. The Morgan fingerprint density at radius 3 is 2.62 bits per heavy atom. The molecular formula is C14H17N3O3S. The minimum absolute atomic E-state index is 0.0842. The Balaban J connectivity index is 1.85. The van der Waals surface area contributed by atoms with E-state index in [1.165, 1.54) is 16.4 Å². The van der Waals surface area contributed by atoms with E-state index in [4.69, 9.17) is 0 Å². The number of thioether (sulfide) groups is 1. The van der Waals surface area contributed by atoms with E-state index in [0.29, 0.717) is 17.2 Å². The minimum Gasteiger partial charge on any atom is -0.538 e. The third-order valence-electron chi connectivity index (χ3n) is 2.79. The molecule has 21 heavy (non-hydrogen) atoms. The second-order valence-corrected chi connectivity index (χ2v) is 5.90. The van der Waals surface area contributed by atoms with Crippen molar-refractivity contribution in [1.29, 1.82) is 0 Å². The number of carbonyl (C=O) groups is 1. The third-order valence-corrected chi connectivity index (χ3v) is 3.90. The van der Waals surface area contributed by atoms with Crippen molar-refractivity contribution in [3.63, 3.8) is 0 Å². The number of nitrogens with zero attached hydrogens (tertiary/aromatic N) is 2. The summed E-state index contributed by atoms with van der Waals surface area (Å²) in [6.45, 7) is 3.97. The summed E-state index contributed by atoms with van der Waals surface area (Å²) in [7, 11) is 1.63. The van der Waals surface area contributed by atoms with Crippen LogP contribution in [0.1, 0.15) is 17.5 Å². The van der Waals surface area contributed by atoms with Gasteiger partial charge in [0.25, 0.3) is 5.03 Å². The first kappa shape index (κ1) is 15.4. The number of hydrogen-bond donors (Lipinski definition) is 1. The highest BCUT2D eigenvalue weighted by atomic mass is 32.2. The molecule has 1 heterocycles. The molecule has 0 saturated carbocycles. The average molecular weight is 307 g/mol. The number of aryl methyl sites for hydroxylation is 3. The summed E-state index contributed by atoms with van der Waals surface area (Å²) in [5, 5.41) is 18.1.